The summed E-state index contributed by atoms with van der Waals surface area (Å²) in [6, 6.07) is 13.1. The van der Waals surface area contributed by atoms with Gasteiger partial charge >= 0.3 is 5.97 Å². The van der Waals surface area contributed by atoms with E-state index >= 15 is 0 Å². The van der Waals surface area contributed by atoms with Crippen molar-refractivity contribution < 1.29 is 9.90 Å². The maximum absolute atomic E-state index is 11.2. The quantitative estimate of drug-likeness (QED) is 0.893. The lowest BCUT2D eigenvalue weighted by Gasteiger charge is -2.11. The molecule has 4 heteroatoms. The molecule has 0 fully saturated rings. The van der Waals surface area contributed by atoms with E-state index in [0.29, 0.717) is 12.2 Å². The third kappa shape index (κ3) is 3.35. The fourth-order valence-electron chi connectivity index (χ4n) is 1.82. The molecular formula is C15H14BrNO2. The number of carboxylic acids is 1. The summed E-state index contributed by atoms with van der Waals surface area (Å²) in [4.78, 5) is 11.2. The van der Waals surface area contributed by atoms with Gasteiger partial charge in [-0.2, -0.15) is 0 Å². The van der Waals surface area contributed by atoms with E-state index in [0.717, 1.165) is 15.6 Å². The van der Waals surface area contributed by atoms with E-state index in [2.05, 4.69) is 21.2 Å². The van der Waals surface area contributed by atoms with Crippen LogP contribution in [0.1, 0.15) is 21.5 Å². The first kappa shape index (κ1) is 13.6. The number of rotatable bonds is 4. The number of anilines is 1. The van der Waals surface area contributed by atoms with Crippen molar-refractivity contribution in [1.82, 2.24) is 0 Å². The van der Waals surface area contributed by atoms with Crippen molar-refractivity contribution in [2.45, 2.75) is 13.5 Å². The number of hydrogen-bond donors (Lipinski definition) is 2. The Morgan fingerprint density at radius 3 is 2.68 bits per heavy atom. The predicted molar refractivity (Wildman–Crippen MR) is 79.6 cm³/mol. The lowest BCUT2D eigenvalue weighted by atomic mass is 10.1. The van der Waals surface area contributed by atoms with Crippen LogP contribution in [0.3, 0.4) is 0 Å². The Balaban J connectivity index is 2.22. The molecule has 19 heavy (non-hydrogen) atoms. The second kappa shape index (κ2) is 5.89. The van der Waals surface area contributed by atoms with Crippen molar-refractivity contribution in [1.29, 1.82) is 0 Å². The number of carbonyl (C=O) groups is 1. The summed E-state index contributed by atoms with van der Waals surface area (Å²) in [5.74, 6) is -0.922. The molecule has 0 radical (unpaired) electrons. The highest BCUT2D eigenvalue weighted by Gasteiger charge is 2.10. The number of benzene rings is 2. The molecule has 0 aliphatic heterocycles. The van der Waals surface area contributed by atoms with Crippen molar-refractivity contribution in [2.75, 3.05) is 5.32 Å². The zero-order valence-electron chi connectivity index (χ0n) is 10.5. The van der Waals surface area contributed by atoms with E-state index in [-0.39, 0.29) is 5.56 Å². The van der Waals surface area contributed by atoms with Crippen LogP contribution in [-0.2, 0) is 6.54 Å². The Kier molecular flexibility index (Phi) is 4.22. The van der Waals surface area contributed by atoms with Gasteiger partial charge in [0.1, 0.15) is 0 Å². The second-order valence-corrected chi connectivity index (χ2v) is 5.15. The molecule has 0 unspecified atom stereocenters. The van der Waals surface area contributed by atoms with Gasteiger partial charge in [0.05, 0.1) is 5.56 Å². The van der Waals surface area contributed by atoms with E-state index in [1.165, 1.54) is 0 Å². The molecule has 0 atom stereocenters. The predicted octanol–water partition coefficient (Wildman–Crippen LogP) is 4.07. The summed E-state index contributed by atoms with van der Waals surface area (Å²) >= 11 is 3.48. The Morgan fingerprint density at radius 2 is 2.00 bits per heavy atom. The van der Waals surface area contributed by atoms with Crippen LogP contribution in [0, 0.1) is 6.92 Å². The monoisotopic (exact) mass is 319 g/mol. The summed E-state index contributed by atoms with van der Waals surface area (Å²) in [6.07, 6.45) is 0. The van der Waals surface area contributed by atoms with Crippen LogP contribution < -0.4 is 5.32 Å². The molecule has 98 valence electrons. The van der Waals surface area contributed by atoms with Crippen molar-refractivity contribution >= 4 is 27.6 Å². The highest BCUT2D eigenvalue weighted by atomic mass is 79.9. The molecule has 0 saturated heterocycles. The zero-order chi connectivity index (χ0) is 13.8. The SMILES string of the molecule is Cc1ccc(C(=O)O)c(NCc2ccccc2Br)c1. The summed E-state index contributed by atoms with van der Waals surface area (Å²) in [7, 11) is 0. The van der Waals surface area contributed by atoms with Crippen LogP contribution in [0.25, 0.3) is 0 Å². The Hall–Kier alpha value is -1.81. The topological polar surface area (TPSA) is 49.3 Å². The molecule has 2 aromatic rings. The summed E-state index contributed by atoms with van der Waals surface area (Å²) in [5, 5.41) is 12.3. The zero-order valence-corrected chi connectivity index (χ0v) is 12.1. The number of aryl methyl sites for hydroxylation is 1. The Morgan fingerprint density at radius 1 is 1.26 bits per heavy atom. The van der Waals surface area contributed by atoms with Gasteiger partial charge < -0.3 is 10.4 Å². The minimum absolute atomic E-state index is 0.289. The highest BCUT2D eigenvalue weighted by molar-refractivity contribution is 9.10. The van der Waals surface area contributed by atoms with Crippen LogP contribution >= 0.6 is 15.9 Å². The van der Waals surface area contributed by atoms with Gasteiger partial charge in [0.2, 0.25) is 0 Å². The van der Waals surface area contributed by atoms with Gasteiger partial charge in [-0.25, -0.2) is 4.79 Å². The number of hydrogen-bond acceptors (Lipinski definition) is 2. The first-order valence-corrected chi connectivity index (χ1v) is 6.68. The molecule has 0 bridgehead atoms. The lowest BCUT2D eigenvalue weighted by Crippen LogP contribution is -2.07. The molecule has 3 nitrogen and oxygen atoms in total. The summed E-state index contributed by atoms with van der Waals surface area (Å²) < 4.78 is 1.01. The Bertz CT molecular complexity index is 611. The fraction of sp³-hybridized carbons (Fsp3) is 0.133. The fourth-order valence-corrected chi connectivity index (χ4v) is 2.25. The normalized spacial score (nSPS) is 10.2. The Labute approximate surface area is 120 Å². The average Bonchev–Trinajstić information content (AvgIpc) is 2.37. The van der Waals surface area contributed by atoms with Gasteiger partial charge in [-0.15, -0.1) is 0 Å². The van der Waals surface area contributed by atoms with Gasteiger partial charge in [0.25, 0.3) is 0 Å². The number of carboxylic acid groups (broad SMARTS) is 1. The van der Waals surface area contributed by atoms with Gasteiger partial charge in [0, 0.05) is 16.7 Å². The molecule has 0 aliphatic rings. The number of aromatic carboxylic acids is 1. The van der Waals surface area contributed by atoms with E-state index in [9.17, 15) is 4.79 Å². The van der Waals surface area contributed by atoms with Gasteiger partial charge in [0.15, 0.2) is 0 Å². The van der Waals surface area contributed by atoms with Crippen LogP contribution in [0.2, 0.25) is 0 Å². The number of nitrogens with one attached hydrogen (secondary N) is 1. The minimum atomic E-state index is -0.922. The van der Waals surface area contributed by atoms with Crippen molar-refractivity contribution in [2.24, 2.45) is 0 Å². The maximum atomic E-state index is 11.2. The van der Waals surface area contributed by atoms with Crippen molar-refractivity contribution in [3.8, 4) is 0 Å². The van der Waals surface area contributed by atoms with E-state index in [1.807, 2.05) is 37.3 Å². The average molecular weight is 320 g/mol. The largest absolute Gasteiger partial charge is 0.478 e. The minimum Gasteiger partial charge on any atom is -0.478 e. The molecule has 0 amide bonds. The summed E-state index contributed by atoms with van der Waals surface area (Å²) in [6.45, 7) is 2.51. The summed E-state index contributed by atoms with van der Waals surface area (Å²) in [5.41, 5.74) is 3.04. The first-order chi connectivity index (χ1) is 9.08. The van der Waals surface area contributed by atoms with Crippen molar-refractivity contribution in [3.05, 3.63) is 63.6 Å². The molecule has 2 N–H and O–H groups in total. The highest BCUT2D eigenvalue weighted by Crippen LogP contribution is 2.21. The molecule has 0 aliphatic carbocycles. The molecule has 2 rings (SSSR count). The van der Waals surface area contributed by atoms with E-state index < -0.39 is 5.97 Å². The molecule has 0 aromatic heterocycles. The third-order valence-corrected chi connectivity index (χ3v) is 3.61. The van der Waals surface area contributed by atoms with Crippen LogP contribution in [0.4, 0.5) is 5.69 Å². The number of halogens is 1. The second-order valence-electron chi connectivity index (χ2n) is 4.30. The first-order valence-electron chi connectivity index (χ1n) is 5.89. The standard InChI is InChI=1S/C15H14BrNO2/c1-10-6-7-12(15(18)19)14(8-10)17-9-11-4-2-3-5-13(11)16/h2-8,17H,9H2,1H3,(H,18,19). The lowest BCUT2D eigenvalue weighted by molar-refractivity contribution is 0.0698. The van der Waals surface area contributed by atoms with Crippen molar-refractivity contribution in [3.63, 3.8) is 0 Å². The van der Waals surface area contributed by atoms with Gasteiger partial charge in [-0.05, 0) is 36.2 Å². The van der Waals surface area contributed by atoms with Gasteiger partial charge in [-0.1, -0.05) is 40.2 Å². The third-order valence-electron chi connectivity index (χ3n) is 2.83. The molecule has 0 heterocycles. The van der Waals surface area contributed by atoms with E-state index in [1.54, 1.807) is 12.1 Å². The van der Waals surface area contributed by atoms with E-state index in [4.69, 9.17) is 5.11 Å². The molecular weight excluding hydrogens is 306 g/mol. The van der Waals surface area contributed by atoms with Crippen LogP contribution in [0.15, 0.2) is 46.9 Å². The molecule has 0 saturated carbocycles. The van der Waals surface area contributed by atoms with Crippen LogP contribution in [0.5, 0.6) is 0 Å². The van der Waals surface area contributed by atoms with Crippen LogP contribution in [-0.4, -0.2) is 11.1 Å². The molecule has 2 aromatic carbocycles. The maximum Gasteiger partial charge on any atom is 0.337 e. The van der Waals surface area contributed by atoms with Gasteiger partial charge in [-0.3, -0.25) is 0 Å². The molecule has 0 spiro atoms. The smallest absolute Gasteiger partial charge is 0.337 e.